The summed E-state index contributed by atoms with van der Waals surface area (Å²) in [4.78, 5) is 0. The molecule has 0 bridgehead atoms. The highest BCUT2D eigenvalue weighted by Crippen LogP contribution is 2.20. The van der Waals surface area contributed by atoms with E-state index in [1.165, 1.54) is 0 Å². The Hall–Kier alpha value is -1.32. The summed E-state index contributed by atoms with van der Waals surface area (Å²) in [6.45, 7) is 11.7. The summed E-state index contributed by atoms with van der Waals surface area (Å²) in [6.07, 6.45) is 14.9. The van der Waals surface area contributed by atoms with E-state index >= 15 is 0 Å². The predicted molar refractivity (Wildman–Crippen MR) is 103 cm³/mol. The molecule has 1 aliphatic carbocycles. The van der Waals surface area contributed by atoms with Crippen molar-refractivity contribution in [3.8, 4) is 0 Å². The van der Waals surface area contributed by atoms with Crippen LogP contribution in [0.2, 0.25) is 0 Å². The molecule has 0 aliphatic heterocycles. The highest BCUT2D eigenvalue weighted by molar-refractivity contribution is 5.30. The summed E-state index contributed by atoms with van der Waals surface area (Å²) in [5.74, 6) is 1.37. The maximum atomic E-state index is 10.1. The van der Waals surface area contributed by atoms with Crippen LogP contribution in [0, 0.1) is 5.92 Å². The van der Waals surface area contributed by atoms with E-state index < -0.39 is 0 Å². The van der Waals surface area contributed by atoms with Gasteiger partial charge in [0.15, 0.2) is 0 Å². The van der Waals surface area contributed by atoms with Crippen LogP contribution < -0.4 is 5.32 Å². The summed E-state index contributed by atoms with van der Waals surface area (Å²) in [5.41, 5.74) is 1.00. The fourth-order valence-electron chi connectivity index (χ4n) is 2.69. The van der Waals surface area contributed by atoms with Crippen LogP contribution in [-0.4, -0.2) is 30.4 Å². The molecule has 0 saturated heterocycles. The summed E-state index contributed by atoms with van der Waals surface area (Å²) in [6, 6.07) is 0.456. The van der Waals surface area contributed by atoms with Crippen molar-refractivity contribution in [3.63, 3.8) is 0 Å². The van der Waals surface area contributed by atoms with E-state index in [0.29, 0.717) is 31.5 Å². The van der Waals surface area contributed by atoms with Gasteiger partial charge < -0.3 is 15.2 Å². The van der Waals surface area contributed by atoms with Crippen molar-refractivity contribution in [2.75, 3.05) is 13.2 Å². The fraction of sp³-hybridized carbons (Fsp3) is 0.619. The summed E-state index contributed by atoms with van der Waals surface area (Å²) >= 11 is 0. The first-order valence-corrected chi connectivity index (χ1v) is 9.30. The van der Waals surface area contributed by atoms with Gasteiger partial charge in [0.05, 0.1) is 18.5 Å². The first kappa shape index (κ1) is 20.7. The molecule has 2 N–H and O–H groups in total. The molecule has 0 radical (unpaired) electrons. The van der Waals surface area contributed by atoms with Crippen molar-refractivity contribution < 1.29 is 9.84 Å². The van der Waals surface area contributed by atoms with E-state index in [0.717, 1.165) is 37.0 Å². The van der Waals surface area contributed by atoms with Crippen LogP contribution in [0.3, 0.4) is 0 Å². The maximum absolute atomic E-state index is 10.1. The van der Waals surface area contributed by atoms with Crippen molar-refractivity contribution >= 4 is 0 Å². The SMILES string of the molecule is C=C1C=CCCC(C)/C(OCCC(O)CNC(C)CCC)=C\C=C/1. The van der Waals surface area contributed by atoms with Crippen LogP contribution in [0.5, 0.6) is 0 Å². The second kappa shape index (κ2) is 12.1. The monoisotopic (exact) mass is 333 g/mol. The summed E-state index contributed by atoms with van der Waals surface area (Å²) in [5, 5.41) is 13.5. The van der Waals surface area contributed by atoms with Gasteiger partial charge in [-0.05, 0) is 37.8 Å². The number of hydrogen-bond donors (Lipinski definition) is 2. The van der Waals surface area contributed by atoms with Gasteiger partial charge in [0.2, 0.25) is 0 Å². The molecule has 0 aromatic heterocycles. The Morgan fingerprint density at radius 2 is 2.17 bits per heavy atom. The summed E-state index contributed by atoms with van der Waals surface area (Å²) in [7, 11) is 0. The van der Waals surface area contributed by atoms with Crippen molar-refractivity contribution in [1.82, 2.24) is 5.32 Å². The Bertz CT molecular complexity index is 451. The Kier molecular flexibility index (Phi) is 10.4. The third kappa shape index (κ3) is 9.09. The molecule has 0 fully saturated rings. The molecule has 3 atom stereocenters. The molecule has 3 nitrogen and oxygen atoms in total. The van der Waals surface area contributed by atoms with E-state index in [1.807, 2.05) is 18.2 Å². The van der Waals surface area contributed by atoms with Crippen molar-refractivity contribution in [2.45, 2.75) is 65.0 Å². The first-order chi connectivity index (χ1) is 11.5. The Labute approximate surface area is 148 Å². The molecule has 0 heterocycles. The molecule has 136 valence electrons. The lowest BCUT2D eigenvalue weighted by molar-refractivity contribution is 0.102. The van der Waals surface area contributed by atoms with Crippen LogP contribution in [0.1, 0.15) is 52.9 Å². The lowest BCUT2D eigenvalue weighted by Crippen LogP contribution is -2.34. The minimum atomic E-state index is -0.363. The topological polar surface area (TPSA) is 41.5 Å². The number of ether oxygens (including phenoxy) is 1. The van der Waals surface area contributed by atoms with Gasteiger partial charge in [-0.2, -0.15) is 0 Å². The fourth-order valence-corrected chi connectivity index (χ4v) is 2.69. The zero-order chi connectivity index (χ0) is 17.8. The Morgan fingerprint density at radius 1 is 1.38 bits per heavy atom. The zero-order valence-electron chi connectivity index (χ0n) is 15.6. The number of allylic oxidation sites excluding steroid dienone is 7. The third-order valence-corrected chi connectivity index (χ3v) is 4.30. The molecule has 0 aromatic rings. The van der Waals surface area contributed by atoms with Gasteiger partial charge in [0.1, 0.15) is 0 Å². The number of nitrogens with one attached hydrogen (secondary N) is 1. The van der Waals surface area contributed by atoms with Gasteiger partial charge in [0.25, 0.3) is 0 Å². The normalized spacial score (nSPS) is 24.8. The lowest BCUT2D eigenvalue weighted by Gasteiger charge is -2.19. The van der Waals surface area contributed by atoms with Crippen LogP contribution in [0.15, 0.2) is 48.3 Å². The van der Waals surface area contributed by atoms with Crippen LogP contribution in [0.25, 0.3) is 0 Å². The molecular formula is C21H35NO2. The standard InChI is InChI=1S/C21H35NO2/c1-5-9-19(4)22-16-20(23)14-15-24-21-13-8-11-17(2)10-6-7-12-18(21)3/h6,8,10-11,13,18-20,22-23H,2,5,7,9,12,14-16H2,1,3-4H3/b10-6?,11-8-,21-13+. The highest BCUT2D eigenvalue weighted by Gasteiger charge is 2.11. The molecule has 0 saturated carbocycles. The van der Waals surface area contributed by atoms with Crippen molar-refractivity contribution in [2.24, 2.45) is 5.92 Å². The van der Waals surface area contributed by atoms with E-state index in [1.54, 1.807) is 0 Å². The number of aliphatic hydroxyl groups is 1. The van der Waals surface area contributed by atoms with E-state index in [-0.39, 0.29) is 6.10 Å². The predicted octanol–water partition coefficient (Wildman–Crippen LogP) is 4.51. The molecule has 3 heteroatoms. The first-order valence-electron chi connectivity index (χ1n) is 9.30. The van der Waals surface area contributed by atoms with E-state index in [4.69, 9.17) is 4.74 Å². The average Bonchev–Trinajstić information content (AvgIpc) is 2.55. The van der Waals surface area contributed by atoms with E-state index in [2.05, 4.69) is 44.8 Å². The quantitative estimate of drug-likeness (QED) is 0.652. The molecule has 0 aromatic carbocycles. The van der Waals surface area contributed by atoms with Gasteiger partial charge in [-0.3, -0.25) is 0 Å². The number of rotatable bonds is 9. The third-order valence-electron chi connectivity index (χ3n) is 4.30. The minimum absolute atomic E-state index is 0.363. The zero-order valence-corrected chi connectivity index (χ0v) is 15.6. The second-order valence-corrected chi connectivity index (χ2v) is 6.77. The number of aliphatic hydroxyl groups excluding tert-OH is 1. The van der Waals surface area contributed by atoms with Gasteiger partial charge in [-0.1, -0.05) is 51.2 Å². The molecular weight excluding hydrogens is 298 g/mol. The van der Waals surface area contributed by atoms with Gasteiger partial charge >= 0.3 is 0 Å². The second-order valence-electron chi connectivity index (χ2n) is 6.77. The molecule has 1 rings (SSSR count). The molecule has 1 aliphatic rings. The van der Waals surface area contributed by atoms with Crippen molar-refractivity contribution in [3.05, 3.63) is 48.3 Å². The number of hydrogen-bond acceptors (Lipinski definition) is 3. The molecule has 24 heavy (non-hydrogen) atoms. The van der Waals surface area contributed by atoms with Crippen LogP contribution >= 0.6 is 0 Å². The lowest BCUT2D eigenvalue weighted by atomic mass is 10.0. The van der Waals surface area contributed by atoms with Crippen LogP contribution in [0.4, 0.5) is 0 Å². The average molecular weight is 334 g/mol. The van der Waals surface area contributed by atoms with Crippen LogP contribution in [-0.2, 0) is 4.74 Å². The highest BCUT2D eigenvalue weighted by atomic mass is 16.5. The molecule has 3 unspecified atom stereocenters. The van der Waals surface area contributed by atoms with Gasteiger partial charge in [-0.25, -0.2) is 0 Å². The minimum Gasteiger partial charge on any atom is -0.498 e. The smallest absolute Gasteiger partial charge is 0.0987 e. The molecule has 0 amide bonds. The van der Waals surface area contributed by atoms with Gasteiger partial charge in [0, 0.05) is 24.9 Å². The largest absolute Gasteiger partial charge is 0.498 e. The molecule has 0 spiro atoms. The Balaban J connectivity index is 2.39. The van der Waals surface area contributed by atoms with E-state index in [9.17, 15) is 5.11 Å². The Morgan fingerprint density at radius 3 is 2.92 bits per heavy atom. The summed E-state index contributed by atoms with van der Waals surface area (Å²) < 4.78 is 5.96. The maximum Gasteiger partial charge on any atom is 0.0987 e. The van der Waals surface area contributed by atoms with Gasteiger partial charge in [-0.15, -0.1) is 0 Å². The van der Waals surface area contributed by atoms with Crippen molar-refractivity contribution in [1.29, 1.82) is 0 Å².